The monoisotopic (exact) mass is 280 g/mol. The summed E-state index contributed by atoms with van der Waals surface area (Å²) in [6, 6.07) is 14.1. The zero-order valence-electron chi connectivity index (χ0n) is 12.6. The van der Waals surface area contributed by atoms with Crippen molar-refractivity contribution < 1.29 is 9.53 Å². The van der Waals surface area contributed by atoms with Crippen LogP contribution in [0, 0.1) is 12.8 Å². The Labute approximate surface area is 125 Å². The molecule has 1 unspecified atom stereocenters. The number of hydrogen-bond donors (Lipinski definition) is 0. The van der Waals surface area contributed by atoms with E-state index in [0.717, 1.165) is 36.1 Å². The van der Waals surface area contributed by atoms with E-state index in [1.807, 2.05) is 30.3 Å². The fourth-order valence-electron chi connectivity index (χ4n) is 3.19. The van der Waals surface area contributed by atoms with Gasteiger partial charge in [-0.05, 0) is 43.4 Å². The van der Waals surface area contributed by atoms with Crippen LogP contribution in [0.3, 0.4) is 0 Å². The summed E-state index contributed by atoms with van der Waals surface area (Å²) in [4.78, 5) is 12.7. The summed E-state index contributed by atoms with van der Waals surface area (Å²) in [7, 11) is 1.69. The molecular weight excluding hydrogens is 260 g/mol. The van der Waals surface area contributed by atoms with Gasteiger partial charge in [-0.15, -0.1) is 0 Å². The quantitative estimate of drug-likeness (QED) is 0.849. The molecule has 0 spiro atoms. The van der Waals surface area contributed by atoms with Crippen LogP contribution in [-0.2, 0) is 12.8 Å². The van der Waals surface area contributed by atoms with Crippen LogP contribution in [0.2, 0.25) is 0 Å². The number of carbonyl (C=O) groups is 1. The molecule has 1 aliphatic rings. The molecule has 0 heterocycles. The highest BCUT2D eigenvalue weighted by Crippen LogP contribution is 2.30. The standard InChI is InChI=1S/C19H20O2/c1-13-7-10-18(21-2)16(11-13)12-15-9-8-14-5-3-4-6-17(14)19(15)20/h3-7,10-11,15H,8-9,12H2,1-2H3. The first-order valence-corrected chi connectivity index (χ1v) is 7.44. The number of rotatable bonds is 3. The van der Waals surface area contributed by atoms with Crippen LogP contribution in [0.5, 0.6) is 5.75 Å². The van der Waals surface area contributed by atoms with Crippen molar-refractivity contribution in [2.24, 2.45) is 5.92 Å². The smallest absolute Gasteiger partial charge is 0.166 e. The molecule has 108 valence electrons. The predicted molar refractivity (Wildman–Crippen MR) is 84.0 cm³/mol. The van der Waals surface area contributed by atoms with Crippen LogP contribution in [0.15, 0.2) is 42.5 Å². The van der Waals surface area contributed by atoms with Crippen molar-refractivity contribution in [1.82, 2.24) is 0 Å². The van der Waals surface area contributed by atoms with Crippen LogP contribution in [-0.4, -0.2) is 12.9 Å². The van der Waals surface area contributed by atoms with E-state index in [0.29, 0.717) is 0 Å². The minimum atomic E-state index is 0.0654. The minimum absolute atomic E-state index is 0.0654. The molecule has 0 radical (unpaired) electrons. The van der Waals surface area contributed by atoms with E-state index in [2.05, 4.69) is 19.1 Å². The lowest BCUT2D eigenvalue weighted by Gasteiger charge is -2.24. The van der Waals surface area contributed by atoms with Gasteiger partial charge in [0.05, 0.1) is 7.11 Å². The summed E-state index contributed by atoms with van der Waals surface area (Å²) in [6.45, 7) is 2.07. The number of benzene rings is 2. The fraction of sp³-hybridized carbons (Fsp3) is 0.316. The zero-order chi connectivity index (χ0) is 14.8. The molecule has 1 atom stereocenters. The molecule has 2 heteroatoms. The second-order valence-corrected chi connectivity index (χ2v) is 5.78. The van der Waals surface area contributed by atoms with Crippen molar-refractivity contribution in [1.29, 1.82) is 0 Å². The minimum Gasteiger partial charge on any atom is -0.496 e. The maximum atomic E-state index is 12.7. The molecule has 3 rings (SSSR count). The number of Topliss-reactive ketones (excluding diaryl/α,β-unsaturated/α-hetero) is 1. The third-order valence-corrected chi connectivity index (χ3v) is 4.32. The third-order valence-electron chi connectivity index (χ3n) is 4.32. The Kier molecular flexibility index (Phi) is 3.78. The number of hydrogen-bond acceptors (Lipinski definition) is 2. The molecule has 2 aromatic rings. The SMILES string of the molecule is COc1ccc(C)cc1CC1CCc2ccccc2C1=O. The van der Waals surface area contributed by atoms with Crippen molar-refractivity contribution in [2.75, 3.05) is 7.11 Å². The summed E-state index contributed by atoms with van der Waals surface area (Å²) >= 11 is 0. The van der Waals surface area contributed by atoms with Crippen molar-refractivity contribution in [3.8, 4) is 5.75 Å². The van der Waals surface area contributed by atoms with Gasteiger partial charge in [0.25, 0.3) is 0 Å². The predicted octanol–water partition coefficient (Wildman–Crippen LogP) is 3.99. The third kappa shape index (κ3) is 2.71. The van der Waals surface area contributed by atoms with Crippen LogP contribution >= 0.6 is 0 Å². The second-order valence-electron chi connectivity index (χ2n) is 5.78. The summed E-state index contributed by atoms with van der Waals surface area (Å²) in [5, 5.41) is 0. The Morgan fingerprint density at radius 1 is 1.19 bits per heavy atom. The lowest BCUT2D eigenvalue weighted by molar-refractivity contribution is 0.0901. The summed E-state index contributed by atoms with van der Waals surface area (Å²) in [6.07, 6.45) is 2.67. The molecule has 2 nitrogen and oxygen atoms in total. The van der Waals surface area contributed by atoms with E-state index < -0.39 is 0 Å². The molecule has 0 bridgehead atoms. The van der Waals surface area contributed by atoms with Crippen LogP contribution in [0.4, 0.5) is 0 Å². The topological polar surface area (TPSA) is 26.3 Å². The summed E-state index contributed by atoms with van der Waals surface area (Å²) in [5.74, 6) is 1.23. The van der Waals surface area contributed by atoms with E-state index in [9.17, 15) is 4.79 Å². The van der Waals surface area contributed by atoms with Gasteiger partial charge in [-0.3, -0.25) is 4.79 Å². The summed E-state index contributed by atoms with van der Waals surface area (Å²) < 4.78 is 5.44. The highest BCUT2D eigenvalue weighted by Gasteiger charge is 2.27. The lowest BCUT2D eigenvalue weighted by Crippen LogP contribution is -2.24. The molecule has 0 aliphatic heterocycles. The number of fused-ring (bicyclic) bond motifs is 1. The highest BCUT2D eigenvalue weighted by atomic mass is 16.5. The van der Waals surface area contributed by atoms with Gasteiger partial charge in [0.15, 0.2) is 5.78 Å². The molecular formula is C19H20O2. The van der Waals surface area contributed by atoms with Crippen LogP contribution in [0.1, 0.15) is 33.5 Å². The van der Waals surface area contributed by atoms with Gasteiger partial charge in [-0.25, -0.2) is 0 Å². The molecule has 0 saturated carbocycles. The number of methoxy groups -OCH3 is 1. The van der Waals surface area contributed by atoms with Gasteiger partial charge in [0, 0.05) is 11.5 Å². The first-order chi connectivity index (χ1) is 10.2. The fourth-order valence-corrected chi connectivity index (χ4v) is 3.19. The number of carbonyl (C=O) groups excluding carboxylic acids is 1. The van der Waals surface area contributed by atoms with Gasteiger partial charge < -0.3 is 4.74 Å². The molecule has 0 saturated heterocycles. The molecule has 0 aromatic heterocycles. The Morgan fingerprint density at radius 3 is 2.81 bits per heavy atom. The largest absolute Gasteiger partial charge is 0.496 e. The van der Waals surface area contributed by atoms with Gasteiger partial charge in [-0.2, -0.15) is 0 Å². The van der Waals surface area contributed by atoms with Gasteiger partial charge in [0.2, 0.25) is 0 Å². The molecule has 0 N–H and O–H groups in total. The van der Waals surface area contributed by atoms with E-state index in [4.69, 9.17) is 4.74 Å². The van der Waals surface area contributed by atoms with E-state index >= 15 is 0 Å². The van der Waals surface area contributed by atoms with E-state index in [-0.39, 0.29) is 11.7 Å². The number of aryl methyl sites for hydroxylation is 2. The summed E-state index contributed by atoms with van der Waals surface area (Å²) in [5.41, 5.74) is 4.43. The Bertz CT molecular complexity index is 673. The average molecular weight is 280 g/mol. The van der Waals surface area contributed by atoms with Crippen molar-refractivity contribution in [3.63, 3.8) is 0 Å². The van der Waals surface area contributed by atoms with Crippen molar-refractivity contribution in [3.05, 3.63) is 64.7 Å². The van der Waals surface area contributed by atoms with Crippen molar-refractivity contribution in [2.45, 2.75) is 26.2 Å². The first kappa shape index (κ1) is 13.9. The lowest BCUT2D eigenvalue weighted by atomic mass is 9.79. The maximum absolute atomic E-state index is 12.7. The number of ether oxygens (including phenoxy) is 1. The van der Waals surface area contributed by atoms with Crippen molar-refractivity contribution >= 4 is 5.78 Å². The van der Waals surface area contributed by atoms with Gasteiger partial charge in [0.1, 0.15) is 5.75 Å². The Morgan fingerprint density at radius 2 is 2.00 bits per heavy atom. The highest BCUT2D eigenvalue weighted by molar-refractivity contribution is 6.00. The van der Waals surface area contributed by atoms with Crippen LogP contribution in [0.25, 0.3) is 0 Å². The normalized spacial score (nSPS) is 17.4. The molecule has 21 heavy (non-hydrogen) atoms. The van der Waals surface area contributed by atoms with E-state index in [1.54, 1.807) is 7.11 Å². The first-order valence-electron chi connectivity index (χ1n) is 7.44. The second kappa shape index (κ2) is 5.72. The molecule has 2 aromatic carbocycles. The van der Waals surface area contributed by atoms with E-state index in [1.165, 1.54) is 11.1 Å². The average Bonchev–Trinajstić information content (AvgIpc) is 2.51. The molecule has 0 fully saturated rings. The van der Waals surface area contributed by atoms with Gasteiger partial charge in [-0.1, -0.05) is 42.0 Å². The molecule has 0 amide bonds. The maximum Gasteiger partial charge on any atom is 0.166 e. The zero-order valence-corrected chi connectivity index (χ0v) is 12.6. The molecule has 1 aliphatic carbocycles. The Balaban J connectivity index is 1.87. The van der Waals surface area contributed by atoms with Crippen LogP contribution < -0.4 is 4.74 Å². The number of ketones is 1. The van der Waals surface area contributed by atoms with Gasteiger partial charge >= 0.3 is 0 Å². The Hall–Kier alpha value is -2.09.